The van der Waals surface area contributed by atoms with Crippen LogP contribution in [-0.4, -0.2) is 13.1 Å². The number of esters is 1. The van der Waals surface area contributed by atoms with Gasteiger partial charge in [-0.25, -0.2) is 0 Å². The molecule has 1 aliphatic carbocycles. The molecule has 0 radical (unpaired) electrons. The first-order valence-corrected chi connectivity index (χ1v) is 12.0. The summed E-state index contributed by atoms with van der Waals surface area (Å²) >= 11 is 0. The molecule has 0 aromatic carbocycles. The third-order valence-corrected chi connectivity index (χ3v) is 5.99. The molecule has 1 aliphatic rings. The quantitative estimate of drug-likeness (QED) is 0.121. The zero-order valence-corrected chi connectivity index (χ0v) is 18.5. The van der Waals surface area contributed by atoms with Crippen molar-refractivity contribution < 1.29 is 9.53 Å². The molecule has 0 saturated carbocycles. The van der Waals surface area contributed by atoms with Crippen molar-refractivity contribution in [3.63, 3.8) is 0 Å². The maximum atomic E-state index is 11.1. The van der Waals surface area contributed by atoms with Crippen LogP contribution in [0.5, 0.6) is 0 Å². The number of carbonyl (C=O) groups is 1. The maximum absolute atomic E-state index is 11.1. The molecule has 27 heavy (non-hydrogen) atoms. The summed E-state index contributed by atoms with van der Waals surface area (Å²) in [5.74, 6) is -0.0730. The fourth-order valence-corrected chi connectivity index (χ4v) is 3.99. The molecule has 0 fully saturated rings. The van der Waals surface area contributed by atoms with Crippen molar-refractivity contribution in [3.05, 3.63) is 11.1 Å². The fraction of sp³-hybridized carbons (Fsp3) is 0.880. The summed E-state index contributed by atoms with van der Waals surface area (Å²) in [7, 11) is 1.47. The molecule has 0 N–H and O–H groups in total. The van der Waals surface area contributed by atoms with Crippen molar-refractivity contribution >= 4 is 5.97 Å². The molecule has 2 heteroatoms. The number of rotatable bonds is 20. The molecule has 1 rings (SSSR count). The van der Waals surface area contributed by atoms with E-state index in [1.165, 1.54) is 128 Å². The number of allylic oxidation sites excluding steroid dienone is 2. The Balaban J connectivity index is 1.73. The van der Waals surface area contributed by atoms with Crippen LogP contribution in [-0.2, 0) is 9.53 Å². The largest absolute Gasteiger partial charge is 0.469 e. The molecular weight excluding hydrogens is 332 g/mol. The number of methoxy groups -OCH3 is 1. The van der Waals surface area contributed by atoms with Gasteiger partial charge in [0.2, 0.25) is 0 Å². The highest BCUT2D eigenvalue weighted by Crippen LogP contribution is 2.38. The summed E-state index contributed by atoms with van der Waals surface area (Å²) < 4.78 is 4.70. The monoisotopic (exact) mass is 378 g/mol. The number of unbranched alkanes of at least 4 members (excludes halogenated alkanes) is 15. The average molecular weight is 379 g/mol. The van der Waals surface area contributed by atoms with E-state index in [-0.39, 0.29) is 5.97 Å². The van der Waals surface area contributed by atoms with E-state index in [9.17, 15) is 4.79 Å². The van der Waals surface area contributed by atoms with Gasteiger partial charge in [-0.1, -0.05) is 114 Å². The highest BCUT2D eigenvalue weighted by atomic mass is 16.5. The Kier molecular flexibility index (Phi) is 15.6. The normalized spacial score (nSPS) is 13.3. The van der Waals surface area contributed by atoms with E-state index in [0.29, 0.717) is 6.42 Å². The van der Waals surface area contributed by atoms with Crippen molar-refractivity contribution in [3.8, 4) is 0 Å². The lowest BCUT2D eigenvalue weighted by atomic mass is 10.0. The lowest BCUT2D eigenvalue weighted by Crippen LogP contribution is -1.98. The Bertz CT molecular complexity index is 397. The summed E-state index contributed by atoms with van der Waals surface area (Å²) in [4.78, 5) is 11.1. The van der Waals surface area contributed by atoms with Gasteiger partial charge in [0.25, 0.3) is 0 Å². The van der Waals surface area contributed by atoms with Crippen LogP contribution in [0.3, 0.4) is 0 Å². The van der Waals surface area contributed by atoms with Gasteiger partial charge < -0.3 is 4.74 Å². The summed E-state index contributed by atoms with van der Waals surface area (Å²) in [5, 5.41) is 0. The minimum Gasteiger partial charge on any atom is -0.469 e. The Morgan fingerprint density at radius 1 is 0.667 bits per heavy atom. The molecule has 158 valence electrons. The smallest absolute Gasteiger partial charge is 0.305 e. The average Bonchev–Trinajstić information content (AvgIpc) is 3.44. The van der Waals surface area contributed by atoms with Gasteiger partial charge in [-0.3, -0.25) is 4.79 Å². The molecule has 0 aromatic rings. The Morgan fingerprint density at radius 2 is 1.07 bits per heavy atom. The van der Waals surface area contributed by atoms with Crippen LogP contribution < -0.4 is 0 Å². The first-order valence-electron chi connectivity index (χ1n) is 12.0. The summed E-state index contributed by atoms with van der Waals surface area (Å²) in [5.41, 5.74) is 3.16. The van der Waals surface area contributed by atoms with Crippen LogP contribution in [0.15, 0.2) is 11.1 Å². The van der Waals surface area contributed by atoms with Crippen LogP contribution in [0.2, 0.25) is 0 Å². The van der Waals surface area contributed by atoms with E-state index in [2.05, 4.69) is 6.92 Å². The van der Waals surface area contributed by atoms with E-state index < -0.39 is 0 Å². The predicted molar refractivity (Wildman–Crippen MR) is 117 cm³/mol. The molecular formula is C25H46O2. The fourth-order valence-electron chi connectivity index (χ4n) is 3.99. The second-order valence-electron chi connectivity index (χ2n) is 8.51. The van der Waals surface area contributed by atoms with E-state index in [4.69, 9.17) is 4.74 Å². The van der Waals surface area contributed by atoms with Crippen LogP contribution in [0, 0.1) is 0 Å². The van der Waals surface area contributed by atoms with Crippen LogP contribution in [0.1, 0.15) is 135 Å². The van der Waals surface area contributed by atoms with Gasteiger partial charge in [-0.05, 0) is 25.7 Å². The van der Waals surface area contributed by atoms with Crippen molar-refractivity contribution in [1.29, 1.82) is 0 Å². The number of ether oxygens (including phenoxy) is 1. The zero-order valence-electron chi connectivity index (χ0n) is 18.5. The van der Waals surface area contributed by atoms with Crippen LogP contribution in [0.4, 0.5) is 0 Å². The zero-order chi connectivity index (χ0) is 19.6. The number of hydrogen-bond acceptors (Lipinski definition) is 2. The van der Waals surface area contributed by atoms with Crippen molar-refractivity contribution in [2.24, 2.45) is 0 Å². The van der Waals surface area contributed by atoms with E-state index >= 15 is 0 Å². The van der Waals surface area contributed by atoms with E-state index in [1.54, 1.807) is 5.57 Å². The molecule has 0 saturated heterocycles. The second kappa shape index (κ2) is 17.3. The topological polar surface area (TPSA) is 26.3 Å². The Morgan fingerprint density at radius 3 is 1.52 bits per heavy atom. The van der Waals surface area contributed by atoms with Gasteiger partial charge >= 0.3 is 5.97 Å². The minimum absolute atomic E-state index is 0.0730. The molecule has 0 aliphatic heterocycles. The van der Waals surface area contributed by atoms with Gasteiger partial charge in [0.05, 0.1) is 7.11 Å². The summed E-state index contributed by atoms with van der Waals surface area (Å²) in [6, 6.07) is 0. The van der Waals surface area contributed by atoms with Crippen molar-refractivity contribution in [2.45, 2.75) is 135 Å². The molecule has 0 heterocycles. The second-order valence-corrected chi connectivity index (χ2v) is 8.51. The van der Waals surface area contributed by atoms with E-state index in [1.807, 2.05) is 0 Å². The standard InChI is InChI=1S/C25H46O2/c1-3-4-5-6-7-8-9-10-11-12-13-14-15-16-17-18-19-23-22-24(23)20-21-25(26)27-2/h3-22H2,1-2H3. The molecule has 0 spiro atoms. The van der Waals surface area contributed by atoms with Crippen LogP contribution in [0.25, 0.3) is 0 Å². The summed E-state index contributed by atoms with van der Waals surface area (Å²) in [6.07, 6.45) is 26.8. The lowest BCUT2D eigenvalue weighted by Gasteiger charge is -2.03. The molecule has 0 atom stereocenters. The Labute approximate surface area is 169 Å². The first kappa shape index (κ1) is 24.2. The molecule has 0 aromatic heterocycles. The van der Waals surface area contributed by atoms with Gasteiger partial charge in [-0.15, -0.1) is 0 Å². The number of carbonyl (C=O) groups excluding carboxylic acids is 1. The molecule has 0 amide bonds. The molecule has 0 bridgehead atoms. The van der Waals surface area contributed by atoms with Gasteiger partial charge in [0.1, 0.15) is 0 Å². The van der Waals surface area contributed by atoms with E-state index in [0.717, 1.165) is 6.42 Å². The van der Waals surface area contributed by atoms with Gasteiger partial charge in [0.15, 0.2) is 0 Å². The van der Waals surface area contributed by atoms with Gasteiger partial charge in [0, 0.05) is 6.42 Å². The minimum atomic E-state index is -0.0730. The predicted octanol–water partition coefficient (Wildman–Crippen LogP) is 8.29. The van der Waals surface area contributed by atoms with Crippen LogP contribution >= 0.6 is 0 Å². The van der Waals surface area contributed by atoms with Crippen molar-refractivity contribution in [1.82, 2.24) is 0 Å². The van der Waals surface area contributed by atoms with Gasteiger partial charge in [-0.2, -0.15) is 0 Å². The molecule has 0 unspecified atom stereocenters. The third kappa shape index (κ3) is 14.9. The Hall–Kier alpha value is -0.790. The van der Waals surface area contributed by atoms with Crippen molar-refractivity contribution in [2.75, 3.05) is 7.11 Å². The maximum Gasteiger partial charge on any atom is 0.305 e. The summed E-state index contributed by atoms with van der Waals surface area (Å²) in [6.45, 7) is 2.29. The third-order valence-electron chi connectivity index (χ3n) is 5.99. The number of hydrogen-bond donors (Lipinski definition) is 0. The highest BCUT2D eigenvalue weighted by Gasteiger charge is 2.20. The molecule has 2 nitrogen and oxygen atoms in total. The SMILES string of the molecule is CCCCCCCCCCCCCCCCCCC1=C(CCC(=O)OC)C1. The first-order chi connectivity index (χ1) is 13.3. The highest BCUT2D eigenvalue weighted by molar-refractivity contribution is 5.69. The lowest BCUT2D eigenvalue weighted by molar-refractivity contribution is -0.140.